The largest absolute Gasteiger partial charge is 0.497 e. The van der Waals surface area contributed by atoms with Crippen LogP contribution < -0.4 is 4.74 Å². The Kier molecular flexibility index (Phi) is 4.41. The minimum atomic E-state index is -0.325. The van der Waals surface area contributed by atoms with Gasteiger partial charge >= 0.3 is 0 Å². The maximum atomic E-state index is 10.9. The molecule has 3 rings (SSSR count). The van der Waals surface area contributed by atoms with E-state index in [-0.39, 0.29) is 6.29 Å². The van der Waals surface area contributed by atoms with E-state index in [0.29, 0.717) is 19.1 Å². The van der Waals surface area contributed by atoms with Gasteiger partial charge in [0, 0.05) is 24.6 Å². The van der Waals surface area contributed by atoms with Crippen molar-refractivity contribution in [2.45, 2.75) is 25.0 Å². The first kappa shape index (κ1) is 14.4. The second-order valence-electron chi connectivity index (χ2n) is 5.51. The van der Waals surface area contributed by atoms with E-state index in [1.54, 1.807) is 7.11 Å². The Labute approximate surface area is 124 Å². The smallest absolute Gasteiger partial charge is 0.209 e. The molecule has 1 aromatic carbocycles. The molecule has 2 saturated heterocycles. The highest BCUT2D eigenvalue weighted by Gasteiger charge is 2.28. The van der Waals surface area contributed by atoms with Crippen LogP contribution in [-0.2, 0) is 14.3 Å². The van der Waals surface area contributed by atoms with Crippen molar-refractivity contribution in [1.29, 1.82) is 0 Å². The molecule has 0 radical (unpaired) electrons. The number of hydrogen-bond acceptors (Lipinski definition) is 4. The van der Waals surface area contributed by atoms with Gasteiger partial charge in [-0.15, -0.1) is 0 Å². The molecule has 1 aromatic rings. The Hall–Kier alpha value is -1.59. The quantitative estimate of drug-likeness (QED) is 0.797. The molecule has 0 aromatic heterocycles. The fourth-order valence-corrected chi connectivity index (χ4v) is 3.06. The summed E-state index contributed by atoms with van der Waals surface area (Å²) < 4.78 is 16.8. The molecule has 2 aliphatic heterocycles. The van der Waals surface area contributed by atoms with Crippen LogP contribution >= 0.6 is 0 Å². The summed E-state index contributed by atoms with van der Waals surface area (Å²) in [5, 5.41) is 0. The van der Waals surface area contributed by atoms with Crippen LogP contribution in [0.1, 0.15) is 36.2 Å². The van der Waals surface area contributed by atoms with Gasteiger partial charge < -0.3 is 19.1 Å². The highest BCUT2D eigenvalue weighted by Crippen LogP contribution is 2.36. The van der Waals surface area contributed by atoms with Crippen LogP contribution in [0.15, 0.2) is 18.2 Å². The molecule has 1 unspecified atom stereocenters. The molecule has 5 nitrogen and oxygen atoms in total. The van der Waals surface area contributed by atoms with Crippen molar-refractivity contribution < 1.29 is 19.0 Å². The van der Waals surface area contributed by atoms with Gasteiger partial charge in [-0.2, -0.15) is 0 Å². The molecule has 0 N–H and O–H groups in total. The standard InChI is InChI=1S/C16H21NO4/c1-19-13-3-4-14(12-5-6-17(10-12)11-18)15(9-13)16-20-7-2-8-21-16/h3-4,9,11-12,16H,2,5-8,10H2,1H3. The Morgan fingerprint density at radius 3 is 2.76 bits per heavy atom. The van der Waals surface area contributed by atoms with E-state index in [0.717, 1.165) is 43.7 Å². The van der Waals surface area contributed by atoms with Crippen LogP contribution in [0.2, 0.25) is 0 Å². The topological polar surface area (TPSA) is 48.0 Å². The van der Waals surface area contributed by atoms with Gasteiger partial charge in [0.05, 0.1) is 20.3 Å². The van der Waals surface area contributed by atoms with Crippen LogP contribution in [-0.4, -0.2) is 44.7 Å². The van der Waals surface area contributed by atoms with Gasteiger partial charge in [0.1, 0.15) is 5.75 Å². The van der Waals surface area contributed by atoms with Crippen LogP contribution in [0.5, 0.6) is 5.75 Å². The molecule has 0 aliphatic carbocycles. The number of nitrogens with zero attached hydrogens (tertiary/aromatic N) is 1. The molecule has 1 amide bonds. The summed E-state index contributed by atoms with van der Waals surface area (Å²) in [6.45, 7) is 3.00. The summed E-state index contributed by atoms with van der Waals surface area (Å²) in [5.74, 6) is 1.14. The molecule has 2 aliphatic rings. The van der Waals surface area contributed by atoms with Gasteiger partial charge in [-0.1, -0.05) is 6.07 Å². The molecule has 1 atom stereocenters. The Balaban J connectivity index is 1.89. The summed E-state index contributed by atoms with van der Waals surface area (Å²) in [7, 11) is 1.66. The third kappa shape index (κ3) is 3.04. The van der Waals surface area contributed by atoms with Gasteiger partial charge in [0.15, 0.2) is 6.29 Å². The van der Waals surface area contributed by atoms with Gasteiger partial charge in [0.25, 0.3) is 0 Å². The molecule has 0 bridgehead atoms. The lowest BCUT2D eigenvalue weighted by molar-refractivity contribution is -0.183. The SMILES string of the molecule is COc1ccc(C2CCN(C=O)C2)c(C2OCCCO2)c1. The second-order valence-corrected chi connectivity index (χ2v) is 5.51. The van der Waals surface area contributed by atoms with Crippen molar-refractivity contribution in [2.24, 2.45) is 0 Å². The van der Waals surface area contributed by atoms with Crippen LogP contribution in [0.4, 0.5) is 0 Å². The van der Waals surface area contributed by atoms with E-state index < -0.39 is 0 Å². The predicted molar refractivity (Wildman–Crippen MR) is 77.3 cm³/mol. The summed E-state index contributed by atoms with van der Waals surface area (Å²) in [5.41, 5.74) is 2.24. The Morgan fingerprint density at radius 1 is 1.29 bits per heavy atom. The van der Waals surface area contributed by atoms with E-state index in [9.17, 15) is 4.79 Å². The maximum Gasteiger partial charge on any atom is 0.209 e. The number of likely N-dealkylation sites (tertiary alicyclic amines) is 1. The molecular weight excluding hydrogens is 270 g/mol. The number of benzene rings is 1. The number of ether oxygens (including phenoxy) is 3. The van der Waals surface area contributed by atoms with Crippen molar-refractivity contribution in [3.8, 4) is 5.75 Å². The zero-order chi connectivity index (χ0) is 14.7. The molecule has 2 heterocycles. The van der Waals surface area contributed by atoms with Crippen molar-refractivity contribution in [1.82, 2.24) is 4.90 Å². The first-order valence-corrected chi connectivity index (χ1v) is 7.42. The Bertz CT molecular complexity index is 499. The molecule has 2 fully saturated rings. The lowest BCUT2D eigenvalue weighted by atomic mass is 9.92. The van der Waals surface area contributed by atoms with E-state index in [2.05, 4.69) is 6.07 Å². The number of carbonyl (C=O) groups excluding carboxylic acids is 1. The average molecular weight is 291 g/mol. The van der Waals surface area contributed by atoms with Crippen molar-refractivity contribution in [3.05, 3.63) is 29.3 Å². The van der Waals surface area contributed by atoms with Gasteiger partial charge in [0.2, 0.25) is 6.41 Å². The van der Waals surface area contributed by atoms with Crippen molar-refractivity contribution in [2.75, 3.05) is 33.4 Å². The van der Waals surface area contributed by atoms with Crippen molar-refractivity contribution in [3.63, 3.8) is 0 Å². The zero-order valence-electron chi connectivity index (χ0n) is 12.3. The maximum absolute atomic E-state index is 10.9. The molecule has 0 saturated carbocycles. The number of hydrogen-bond donors (Lipinski definition) is 0. The number of methoxy groups -OCH3 is 1. The van der Waals surface area contributed by atoms with Crippen LogP contribution in [0.3, 0.4) is 0 Å². The Morgan fingerprint density at radius 2 is 2.10 bits per heavy atom. The van der Waals surface area contributed by atoms with E-state index >= 15 is 0 Å². The summed E-state index contributed by atoms with van der Waals surface area (Å²) in [6, 6.07) is 6.04. The number of rotatable bonds is 4. The van der Waals surface area contributed by atoms with Gasteiger partial charge in [-0.25, -0.2) is 0 Å². The monoisotopic (exact) mass is 291 g/mol. The number of carbonyl (C=O) groups is 1. The average Bonchev–Trinajstić information content (AvgIpc) is 3.04. The fraction of sp³-hybridized carbons (Fsp3) is 0.562. The van der Waals surface area contributed by atoms with Gasteiger partial charge in [-0.05, 0) is 30.5 Å². The normalized spacial score (nSPS) is 23.3. The third-order valence-electron chi connectivity index (χ3n) is 4.18. The molecule has 5 heteroatoms. The van der Waals surface area contributed by atoms with E-state index in [1.807, 2.05) is 17.0 Å². The first-order chi connectivity index (χ1) is 10.3. The zero-order valence-corrected chi connectivity index (χ0v) is 12.3. The lowest BCUT2D eigenvalue weighted by Gasteiger charge is -2.27. The minimum absolute atomic E-state index is 0.325. The van der Waals surface area contributed by atoms with Gasteiger partial charge in [-0.3, -0.25) is 4.79 Å². The molecule has 114 valence electrons. The molecule has 21 heavy (non-hydrogen) atoms. The summed E-state index contributed by atoms with van der Waals surface area (Å²) in [4.78, 5) is 12.7. The van der Waals surface area contributed by atoms with Crippen LogP contribution in [0, 0.1) is 0 Å². The summed E-state index contributed by atoms with van der Waals surface area (Å²) in [6.07, 6.45) is 2.51. The highest BCUT2D eigenvalue weighted by molar-refractivity contribution is 5.49. The highest BCUT2D eigenvalue weighted by atomic mass is 16.7. The summed E-state index contributed by atoms with van der Waals surface area (Å²) >= 11 is 0. The van der Waals surface area contributed by atoms with Crippen molar-refractivity contribution >= 4 is 6.41 Å². The van der Waals surface area contributed by atoms with E-state index in [4.69, 9.17) is 14.2 Å². The molecular formula is C16H21NO4. The second kappa shape index (κ2) is 6.45. The van der Waals surface area contributed by atoms with Crippen LogP contribution in [0.25, 0.3) is 0 Å². The first-order valence-electron chi connectivity index (χ1n) is 7.42. The van der Waals surface area contributed by atoms with E-state index in [1.165, 1.54) is 5.56 Å². The third-order valence-corrected chi connectivity index (χ3v) is 4.18. The predicted octanol–water partition coefficient (Wildman–Crippen LogP) is 2.08. The lowest BCUT2D eigenvalue weighted by Crippen LogP contribution is -2.21. The molecule has 0 spiro atoms. The number of amides is 1. The fourth-order valence-electron chi connectivity index (χ4n) is 3.06. The minimum Gasteiger partial charge on any atom is -0.497 e.